The van der Waals surface area contributed by atoms with Crippen molar-refractivity contribution in [1.82, 2.24) is 9.88 Å². The summed E-state index contributed by atoms with van der Waals surface area (Å²) < 4.78 is 18.3. The number of carbonyl (C=O) groups excluding carboxylic acids is 2. The monoisotopic (exact) mass is 451 g/mol. The van der Waals surface area contributed by atoms with Crippen LogP contribution in [0, 0.1) is 0 Å². The van der Waals surface area contributed by atoms with Crippen LogP contribution in [0.25, 0.3) is 11.1 Å². The van der Waals surface area contributed by atoms with E-state index in [4.69, 9.17) is 13.9 Å². The fraction of sp³-hybridized carbons (Fsp3) is 0.440. The summed E-state index contributed by atoms with van der Waals surface area (Å²) in [4.78, 5) is 29.3. The van der Waals surface area contributed by atoms with Crippen molar-refractivity contribution in [2.45, 2.75) is 57.2 Å². The number of nitrogens with one attached hydrogen (secondary N) is 1. The summed E-state index contributed by atoms with van der Waals surface area (Å²) >= 11 is 0. The van der Waals surface area contributed by atoms with Crippen molar-refractivity contribution in [3.05, 3.63) is 42.3 Å². The number of amides is 2. The molecule has 0 unspecified atom stereocenters. The third-order valence-electron chi connectivity index (χ3n) is 6.96. The van der Waals surface area contributed by atoms with Gasteiger partial charge in [0.15, 0.2) is 17.1 Å². The third kappa shape index (κ3) is 3.44. The zero-order chi connectivity index (χ0) is 23.2. The number of hydrogen-bond donors (Lipinski definition) is 1. The molecular weight excluding hydrogens is 422 g/mol. The van der Waals surface area contributed by atoms with E-state index >= 15 is 0 Å². The number of rotatable bonds is 5. The SMILES string of the molecule is COc1ccc(N2C(=O)c3cc4occc4n3C[C@]2(C)C(=O)NC2CCCCC2)cc1OC. The molecule has 2 aromatic heterocycles. The first-order valence-corrected chi connectivity index (χ1v) is 11.4. The minimum absolute atomic E-state index is 0.130. The van der Waals surface area contributed by atoms with Crippen LogP contribution in [0.3, 0.4) is 0 Å². The molecule has 3 aromatic rings. The summed E-state index contributed by atoms with van der Waals surface area (Å²) in [5, 5.41) is 3.24. The molecule has 2 amide bonds. The van der Waals surface area contributed by atoms with E-state index in [1.807, 2.05) is 17.6 Å². The van der Waals surface area contributed by atoms with E-state index in [1.54, 1.807) is 49.6 Å². The van der Waals surface area contributed by atoms with Crippen LogP contribution in [0.2, 0.25) is 0 Å². The average molecular weight is 452 g/mol. The number of benzene rings is 1. The fourth-order valence-corrected chi connectivity index (χ4v) is 5.17. The van der Waals surface area contributed by atoms with Crippen LogP contribution in [0.5, 0.6) is 11.5 Å². The highest BCUT2D eigenvalue weighted by atomic mass is 16.5. The lowest BCUT2D eigenvalue weighted by Gasteiger charge is -2.44. The molecule has 1 aromatic carbocycles. The van der Waals surface area contributed by atoms with Crippen LogP contribution in [0.15, 0.2) is 41.0 Å². The highest BCUT2D eigenvalue weighted by molar-refractivity contribution is 6.13. The van der Waals surface area contributed by atoms with Crippen LogP contribution in [0.4, 0.5) is 5.69 Å². The van der Waals surface area contributed by atoms with Crippen LogP contribution >= 0.6 is 0 Å². The van der Waals surface area contributed by atoms with Crippen LogP contribution in [-0.4, -0.2) is 42.2 Å². The van der Waals surface area contributed by atoms with E-state index in [2.05, 4.69) is 5.32 Å². The van der Waals surface area contributed by atoms with Crippen molar-refractivity contribution in [3.8, 4) is 11.5 Å². The molecular formula is C25H29N3O5. The van der Waals surface area contributed by atoms with Crippen LogP contribution in [-0.2, 0) is 11.3 Å². The number of ether oxygens (including phenoxy) is 2. The molecule has 33 heavy (non-hydrogen) atoms. The quantitative estimate of drug-likeness (QED) is 0.631. The number of fused-ring (bicyclic) bond motifs is 3. The molecule has 0 saturated heterocycles. The zero-order valence-electron chi connectivity index (χ0n) is 19.2. The topological polar surface area (TPSA) is 85.9 Å². The van der Waals surface area contributed by atoms with Crippen molar-refractivity contribution in [3.63, 3.8) is 0 Å². The molecule has 8 nitrogen and oxygen atoms in total. The molecule has 1 aliphatic carbocycles. The Hall–Kier alpha value is -3.42. The van der Waals surface area contributed by atoms with Gasteiger partial charge in [0, 0.05) is 29.9 Å². The lowest BCUT2D eigenvalue weighted by molar-refractivity contribution is -0.127. The minimum Gasteiger partial charge on any atom is -0.493 e. The highest BCUT2D eigenvalue weighted by Gasteiger charge is 2.49. The van der Waals surface area contributed by atoms with Gasteiger partial charge in [0.05, 0.1) is 32.5 Å². The molecule has 0 bridgehead atoms. The van der Waals surface area contributed by atoms with Gasteiger partial charge in [-0.3, -0.25) is 14.5 Å². The van der Waals surface area contributed by atoms with Gasteiger partial charge in [-0.05, 0) is 31.9 Å². The van der Waals surface area contributed by atoms with Gasteiger partial charge in [0.25, 0.3) is 5.91 Å². The summed E-state index contributed by atoms with van der Waals surface area (Å²) in [7, 11) is 3.11. The van der Waals surface area contributed by atoms with E-state index in [1.165, 1.54) is 6.42 Å². The Balaban J connectivity index is 1.61. The molecule has 1 N–H and O–H groups in total. The van der Waals surface area contributed by atoms with Crippen LogP contribution < -0.4 is 19.7 Å². The molecule has 174 valence electrons. The molecule has 8 heteroatoms. The van der Waals surface area contributed by atoms with Gasteiger partial charge in [-0.1, -0.05) is 19.3 Å². The molecule has 3 heterocycles. The van der Waals surface area contributed by atoms with Gasteiger partial charge >= 0.3 is 0 Å². The van der Waals surface area contributed by atoms with Gasteiger partial charge < -0.3 is 23.8 Å². The van der Waals surface area contributed by atoms with Crippen molar-refractivity contribution in [2.75, 3.05) is 19.1 Å². The maximum Gasteiger partial charge on any atom is 0.276 e. The van der Waals surface area contributed by atoms with E-state index in [-0.39, 0.29) is 17.9 Å². The van der Waals surface area contributed by atoms with Gasteiger partial charge in [0.2, 0.25) is 5.91 Å². The maximum absolute atomic E-state index is 13.9. The van der Waals surface area contributed by atoms with E-state index in [0.29, 0.717) is 35.0 Å². The summed E-state index contributed by atoms with van der Waals surface area (Å²) in [6.07, 6.45) is 6.95. The second kappa shape index (κ2) is 8.17. The van der Waals surface area contributed by atoms with Gasteiger partial charge in [-0.25, -0.2) is 0 Å². The first-order valence-electron chi connectivity index (χ1n) is 11.4. The van der Waals surface area contributed by atoms with Crippen molar-refractivity contribution in [1.29, 1.82) is 0 Å². The molecule has 1 fully saturated rings. The normalized spacial score (nSPS) is 21.2. The molecule has 1 aliphatic heterocycles. The first kappa shape index (κ1) is 21.4. The number of carbonyl (C=O) groups is 2. The molecule has 1 saturated carbocycles. The van der Waals surface area contributed by atoms with Crippen molar-refractivity contribution in [2.24, 2.45) is 0 Å². The average Bonchev–Trinajstić information content (AvgIpc) is 3.42. The second-order valence-electron chi connectivity index (χ2n) is 9.05. The Kier molecular flexibility index (Phi) is 5.31. The zero-order valence-corrected chi connectivity index (χ0v) is 19.2. The lowest BCUT2D eigenvalue weighted by Crippen LogP contribution is -2.65. The van der Waals surface area contributed by atoms with E-state index in [0.717, 1.165) is 31.2 Å². The van der Waals surface area contributed by atoms with Gasteiger partial charge in [-0.15, -0.1) is 0 Å². The Bertz CT molecular complexity index is 1210. The molecule has 1 atom stereocenters. The second-order valence-corrected chi connectivity index (χ2v) is 9.05. The molecule has 0 spiro atoms. The minimum atomic E-state index is -1.15. The number of methoxy groups -OCH3 is 2. The van der Waals surface area contributed by atoms with E-state index in [9.17, 15) is 9.59 Å². The maximum atomic E-state index is 13.9. The summed E-state index contributed by atoms with van der Waals surface area (Å²) in [5.41, 5.74) is 1.35. The smallest absolute Gasteiger partial charge is 0.276 e. The van der Waals surface area contributed by atoms with Gasteiger partial charge in [0.1, 0.15) is 11.2 Å². The summed E-state index contributed by atoms with van der Waals surface area (Å²) in [6, 6.07) is 8.98. The number of aromatic nitrogens is 1. The van der Waals surface area contributed by atoms with Crippen molar-refractivity contribution >= 4 is 28.6 Å². The third-order valence-corrected chi connectivity index (χ3v) is 6.96. The number of hydrogen-bond acceptors (Lipinski definition) is 5. The molecule has 5 rings (SSSR count). The Morgan fingerprint density at radius 1 is 1.09 bits per heavy atom. The number of furan rings is 1. The Morgan fingerprint density at radius 2 is 1.85 bits per heavy atom. The molecule has 0 radical (unpaired) electrons. The summed E-state index contributed by atoms with van der Waals surface area (Å²) in [5.74, 6) is 0.627. The predicted octanol–water partition coefficient (Wildman–Crippen LogP) is 4.12. The van der Waals surface area contributed by atoms with Crippen LogP contribution in [0.1, 0.15) is 49.5 Å². The Morgan fingerprint density at radius 3 is 2.58 bits per heavy atom. The lowest BCUT2D eigenvalue weighted by atomic mass is 9.91. The summed E-state index contributed by atoms with van der Waals surface area (Å²) in [6.45, 7) is 2.14. The predicted molar refractivity (Wildman–Crippen MR) is 124 cm³/mol. The fourth-order valence-electron chi connectivity index (χ4n) is 5.17. The largest absolute Gasteiger partial charge is 0.493 e. The van der Waals surface area contributed by atoms with Crippen molar-refractivity contribution < 1.29 is 23.5 Å². The first-order chi connectivity index (χ1) is 16.0. The highest BCUT2D eigenvalue weighted by Crippen LogP contribution is 2.39. The standard InChI is InChI=1S/C25H29N3O5/c1-25(24(30)26-16-7-5-4-6-8-16)15-27-18-11-12-33-21(18)14-19(27)23(29)28(25)17-9-10-20(31-2)22(13-17)32-3/h9-14,16H,4-8,15H2,1-3H3,(H,26,30)/t25-/m1/s1. The Labute approximate surface area is 192 Å². The van der Waals surface area contributed by atoms with Gasteiger partial charge in [-0.2, -0.15) is 0 Å². The number of anilines is 1. The number of nitrogens with zero attached hydrogens (tertiary/aromatic N) is 2. The van der Waals surface area contributed by atoms with E-state index < -0.39 is 5.54 Å². The molecule has 2 aliphatic rings.